The zero-order valence-corrected chi connectivity index (χ0v) is 12.7. The predicted molar refractivity (Wildman–Crippen MR) is 77.9 cm³/mol. The molecule has 2 heterocycles. The third kappa shape index (κ3) is 3.42. The standard InChI is InChI=1S/C14H17F3N2O2.ClH/c15-14(16,17)13(19-6-4-18-5-7-19)10-2-1-3-11-12(10)21-9-8-20-11;/h1-3,13,18H,4-9H2;1H/t13-;/m0./s1. The van der Waals surface area contributed by atoms with Crippen molar-refractivity contribution in [3.05, 3.63) is 23.8 Å². The summed E-state index contributed by atoms with van der Waals surface area (Å²) in [6.45, 7) is 2.46. The highest BCUT2D eigenvalue weighted by atomic mass is 35.5. The second-order valence-electron chi connectivity index (χ2n) is 5.10. The lowest BCUT2D eigenvalue weighted by Crippen LogP contribution is -2.49. The van der Waals surface area contributed by atoms with E-state index in [1.807, 2.05) is 0 Å². The summed E-state index contributed by atoms with van der Waals surface area (Å²) in [5.41, 5.74) is 0.140. The van der Waals surface area contributed by atoms with Gasteiger partial charge in [0.25, 0.3) is 0 Å². The van der Waals surface area contributed by atoms with Crippen LogP contribution in [0, 0.1) is 0 Å². The Kier molecular flexibility index (Phi) is 5.41. The van der Waals surface area contributed by atoms with E-state index in [2.05, 4.69) is 5.32 Å². The Bertz CT molecular complexity index is 507. The van der Waals surface area contributed by atoms with Crippen LogP contribution < -0.4 is 14.8 Å². The lowest BCUT2D eigenvalue weighted by atomic mass is 10.0. The second-order valence-corrected chi connectivity index (χ2v) is 5.10. The first-order chi connectivity index (χ1) is 10.1. The zero-order chi connectivity index (χ0) is 14.9. The number of hydrogen-bond donors (Lipinski definition) is 1. The molecule has 1 saturated heterocycles. The summed E-state index contributed by atoms with van der Waals surface area (Å²) in [4.78, 5) is 1.45. The average Bonchev–Trinajstić information content (AvgIpc) is 2.47. The minimum atomic E-state index is -4.35. The molecule has 0 radical (unpaired) electrons. The first-order valence-electron chi connectivity index (χ1n) is 6.97. The molecular formula is C14H18ClF3N2O2. The van der Waals surface area contributed by atoms with Crippen molar-refractivity contribution in [2.24, 2.45) is 0 Å². The molecule has 0 amide bonds. The molecule has 3 rings (SSSR count). The van der Waals surface area contributed by atoms with Crippen LogP contribution in [0.2, 0.25) is 0 Å². The molecule has 8 heteroatoms. The lowest BCUT2D eigenvalue weighted by molar-refractivity contribution is -0.188. The van der Waals surface area contributed by atoms with Crippen molar-refractivity contribution >= 4 is 12.4 Å². The molecule has 0 saturated carbocycles. The van der Waals surface area contributed by atoms with Gasteiger partial charge >= 0.3 is 6.18 Å². The number of benzene rings is 1. The van der Waals surface area contributed by atoms with Crippen LogP contribution in [-0.4, -0.2) is 50.5 Å². The monoisotopic (exact) mass is 338 g/mol. The fourth-order valence-electron chi connectivity index (χ4n) is 2.83. The Morgan fingerprint density at radius 1 is 1.09 bits per heavy atom. The van der Waals surface area contributed by atoms with Gasteiger partial charge in [-0.15, -0.1) is 12.4 Å². The van der Waals surface area contributed by atoms with Crippen molar-refractivity contribution in [3.8, 4) is 11.5 Å². The van der Waals surface area contributed by atoms with Gasteiger partial charge in [-0.2, -0.15) is 13.2 Å². The summed E-state index contributed by atoms with van der Waals surface area (Å²) in [6.07, 6.45) is -4.35. The van der Waals surface area contributed by atoms with E-state index in [1.54, 1.807) is 12.1 Å². The number of halogens is 4. The van der Waals surface area contributed by atoms with Gasteiger partial charge in [-0.05, 0) is 6.07 Å². The maximum absolute atomic E-state index is 13.6. The molecule has 0 aromatic heterocycles. The molecule has 2 aliphatic heterocycles. The Morgan fingerprint density at radius 2 is 1.77 bits per heavy atom. The maximum atomic E-state index is 13.6. The molecule has 0 spiro atoms. The third-order valence-electron chi connectivity index (χ3n) is 3.72. The number of nitrogens with one attached hydrogen (secondary N) is 1. The number of para-hydroxylation sites is 1. The maximum Gasteiger partial charge on any atom is 0.408 e. The number of rotatable bonds is 2. The fraction of sp³-hybridized carbons (Fsp3) is 0.571. The van der Waals surface area contributed by atoms with Crippen LogP contribution in [0.3, 0.4) is 0 Å². The van der Waals surface area contributed by atoms with Gasteiger partial charge in [0.1, 0.15) is 19.3 Å². The largest absolute Gasteiger partial charge is 0.486 e. The minimum Gasteiger partial charge on any atom is -0.486 e. The van der Waals surface area contributed by atoms with Crippen molar-refractivity contribution in [3.63, 3.8) is 0 Å². The molecule has 1 atom stereocenters. The minimum absolute atomic E-state index is 0. The third-order valence-corrected chi connectivity index (χ3v) is 3.72. The van der Waals surface area contributed by atoms with Gasteiger partial charge in [0, 0.05) is 31.7 Å². The molecule has 2 aliphatic rings. The Balaban J connectivity index is 0.00000176. The van der Waals surface area contributed by atoms with Crippen LogP contribution in [0.25, 0.3) is 0 Å². The molecule has 124 valence electrons. The molecule has 22 heavy (non-hydrogen) atoms. The van der Waals surface area contributed by atoms with Gasteiger partial charge in [0.15, 0.2) is 11.5 Å². The smallest absolute Gasteiger partial charge is 0.408 e. The molecule has 1 N–H and O–H groups in total. The lowest BCUT2D eigenvalue weighted by Gasteiger charge is -2.37. The second kappa shape index (κ2) is 6.93. The van der Waals surface area contributed by atoms with Crippen LogP contribution in [0.5, 0.6) is 11.5 Å². The highest BCUT2D eigenvalue weighted by Crippen LogP contribution is 2.45. The first kappa shape index (κ1) is 17.2. The van der Waals surface area contributed by atoms with Crippen molar-refractivity contribution in [2.45, 2.75) is 12.2 Å². The Hall–Kier alpha value is -1.18. The van der Waals surface area contributed by atoms with Crippen LogP contribution >= 0.6 is 12.4 Å². The van der Waals surface area contributed by atoms with E-state index >= 15 is 0 Å². The van der Waals surface area contributed by atoms with Crippen LogP contribution in [-0.2, 0) is 0 Å². The van der Waals surface area contributed by atoms with Crippen molar-refractivity contribution in [1.82, 2.24) is 10.2 Å². The number of alkyl halides is 3. The molecule has 1 aromatic carbocycles. The van der Waals surface area contributed by atoms with Crippen LogP contribution in [0.4, 0.5) is 13.2 Å². The summed E-state index contributed by atoms with van der Waals surface area (Å²) >= 11 is 0. The summed E-state index contributed by atoms with van der Waals surface area (Å²) in [5.74, 6) is 0.618. The van der Waals surface area contributed by atoms with Gasteiger partial charge in [-0.25, -0.2) is 0 Å². The van der Waals surface area contributed by atoms with Crippen molar-refractivity contribution < 1.29 is 22.6 Å². The van der Waals surface area contributed by atoms with E-state index in [0.29, 0.717) is 38.5 Å². The Labute approximate surface area is 133 Å². The number of fused-ring (bicyclic) bond motifs is 1. The topological polar surface area (TPSA) is 33.7 Å². The number of ether oxygens (including phenoxy) is 2. The summed E-state index contributed by atoms with van der Waals surface area (Å²) < 4.78 is 51.7. The summed E-state index contributed by atoms with van der Waals surface area (Å²) in [7, 11) is 0. The molecule has 1 aromatic rings. The normalized spacial score (nSPS) is 20.1. The number of piperazine rings is 1. The summed E-state index contributed by atoms with van der Waals surface area (Å²) in [6, 6.07) is 3.05. The average molecular weight is 339 g/mol. The van der Waals surface area contributed by atoms with Gasteiger partial charge in [0.2, 0.25) is 0 Å². The number of nitrogens with zero attached hydrogens (tertiary/aromatic N) is 1. The summed E-state index contributed by atoms with van der Waals surface area (Å²) in [5, 5.41) is 3.07. The van der Waals surface area contributed by atoms with Crippen LogP contribution in [0.1, 0.15) is 11.6 Å². The van der Waals surface area contributed by atoms with Crippen molar-refractivity contribution in [1.29, 1.82) is 0 Å². The Morgan fingerprint density at radius 3 is 2.45 bits per heavy atom. The van der Waals surface area contributed by atoms with Gasteiger partial charge < -0.3 is 14.8 Å². The van der Waals surface area contributed by atoms with E-state index in [9.17, 15) is 13.2 Å². The molecule has 0 aliphatic carbocycles. The van der Waals surface area contributed by atoms with Crippen molar-refractivity contribution in [2.75, 3.05) is 39.4 Å². The van der Waals surface area contributed by atoms with Gasteiger partial charge in [0.05, 0.1) is 0 Å². The quantitative estimate of drug-likeness (QED) is 0.898. The highest BCUT2D eigenvalue weighted by Gasteiger charge is 2.46. The van der Waals surface area contributed by atoms with E-state index in [0.717, 1.165) is 0 Å². The zero-order valence-electron chi connectivity index (χ0n) is 11.9. The molecule has 4 nitrogen and oxygen atoms in total. The van der Waals surface area contributed by atoms with E-state index < -0.39 is 12.2 Å². The first-order valence-corrected chi connectivity index (χ1v) is 6.97. The molecule has 0 bridgehead atoms. The van der Waals surface area contributed by atoms with E-state index in [-0.39, 0.29) is 30.3 Å². The van der Waals surface area contributed by atoms with Gasteiger partial charge in [-0.1, -0.05) is 12.1 Å². The van der Waals surface area contributed by atoms with E-state index in [4.69, 9.17) is 9.47 Å². The molecule has 0 unspecified atom stereocenters. The SMILES string of the molecule is Cl.FC(F)(F)[C@H](c1cccc2c1OCCO2)N1CCNCC1. The van der Waals surface area contributed by atoms with Gasteiger partial charge in [-0.3, -0.25) is 4.90 Å². The fourth-order valence-corrected chi connectivity index (χ4v) is 2.83. The van der Waals surface area contributed by atoms with E-state index in [1.165, 1.54) is 11.0 Å². The number of hydrogen-bond acceptors (Lipinski definition) is 4. The predicted octanol–water partition coefficient (Wildman–Crippen LogP) is 2.39. The molecule has 1 fully saturated rings. The highest BCUT2D eigenvalue weighted by molar-refractivity contribution is 5.85. The van der Waals surface area contributed by atoms with Crippen LogP contribution in [0.15, 0.2) is 18.2 Å². The molecular weight excluding hydrogens is 321 g/mol.